The maximum Gasteiger partial charge on any atom is 0.246 e. The van der Waals surface area contributed by atoms with Gasteiger partial charge in [0.05, 0.1) is 17.9 Å². The molecule has 0 spiro atoms. The molecule has 1 atom stereocenters. The average Bonchev–Trinajstić information content (AvgIpc) is 2.24. The molecule has 4 nitrogen and oxygen atoms in total. The van der Waals surface area contributed by atoms with Gasteiger partial charge in [-0.15, -0.1) is 0 Å². The number of anilines is 2. The van der Waals surface area contributed by atoms with E-state index in [9.17, 15) is 4.79 Å². The van der Waals surface area contributed by atoms with Gasteiger partial charge in [-0.1, -0.05) is 12.1 Å². The predicted molar refractivity (Wildman–Crippen MR) is 65.7 cm³/mol. The second kappa shape index (κ2) is 4.14. The summed E-state index contributed by atoms with van der Waals surface area (Å²) in [4.78, 5) is 15.7. The number of rotatable bonds is 2. The Balaban J connectivity index is 2.39. The summed E-state index contributed by atoms with van der Waals surface area (Å²) < 4.78 is 0. The van der Waals surface area contributed by atoms with Crippen LogP contribution in [0, 0.1) is 0 Å². The van der Waals surface area contributed by atoms with Crippen LogP contribution in [0.4, 0.5) is 11.4 Å². The first-order valence-electron chi connectivity index (χ1n) is 5.45. The van der Waals surface area contributed by atoms with Gasteiger partial charge in [-0.05, 0) is 19.1 Å². The fraction of sp³-hybridized carbons (Fsp3) is 0.417. The van der Waals surface area contributed by atoms with Crippen molar-refractivity contribution in [2.75, 3.05) is 29.9 Å². The topological polar surface area (TPSA) is 49.6 Å². The Labute approximate surface area is 95.6 Å². The Morgan fingerprint density at radius 1 is 1.38 bits per heavy atom. The highest BCUT2D eigenvalue weighted by molar-refractivity contribution is 6.03. The van der Waals surface area contributed by atoms with Crippen molar-refractivity contribution in [1.29, 1.82) is 0 Å². The molecule has 1 amide bonds. The molecule has 0 fully saturated rings. The molecule has 0 aromatic heterocycles. The third kappa shape index (κ3) is 1.88. The highest BCUT2D eigenvalue weighted by Gasteiger charge is 2.27. The largest absolute Gasteiger partial charge is 0.364 e. The number of carbonyl (C=O) groups excluding carboxylic acids is 1. The highest BCUT2D eigenvalue weighted by Crippen LogP contribution is 2.32. The van der Waals surface area contributed by atoms with Gasteiger partial charge >= 0.3 is 0 Å². The molecule has 16 heavy (non-hydrogen) atoms. The lowest BCUT2D eigenvalue weighted by Gasteiger charge is -2.35. The Bertz CT molecular complexity index is 403. The standard InChI is InChI=1S/C12H17N3O/c1-9(13)7-15-11-6-4-3-5-10(11)14(2)8-12(15)16/h3-6,9H,7-8,13H2,1-2H3. The van der Waals surface area contributed by atoms with Gasteiger partial charge in [-0.2, -0.15) is 0 Å². The van der Waals surface area contributed by atoms with Crippen LogP contribution in [0.5, 0.6) is 0 Å². The zero-order valence-corrected chi connectivity index (χ0v) is 9.68. The predicted octanol–water partition coefficient (Wildman–Crippen LogP) is 0.817. The van der Waals surface area contributed by atoms with E-state index >= 15 is 0 Å². The third-order valence-electron chi connectivity index (χ3n) is 2.73. The maximum atomic E-state index is 11.9. The van der Waals surface area contributed by atoms with Crippen LogP contribution >= 0.6 is 0 Å². The van der Waals surface area contributed by atoms with Gasteiger partial charge < -0.3 is 15.5 Å². The number of nitrogens with two attached hydrogens (primary N) is 1. The molecule has 0 radical (unpaired) electrons. The number of fused-ring (bicyclic) bond motifs is 1. The van der Waals surface area contributed by atoms with E-state index in [1.165, 1.54) is 0 Å². The second-order valence-corrected chi connectivity index (χ2v) is 4.33. The minimum absolute atomic E-state index is 0.0135. The van der Waals surface area contributed by atoms with E-state index in [0.717, 1.165) is 11.4 Å². The monoisotopic (exact) mass is 219 g/mol. The van der Waals surface area contributed by atoms with Crippen LogP contribution in [-0.4, -0.2) is 32.1 Å². The van der Waals surface area contributed by atoms with Crippen molar-refractivity contribution in [1.82, 2.24) is 0 Å². The number of hydrogen-bond acceptors (Lipinski definition) is 3. The summed E-state index contributed by atoms with van der Waals surface area (Å²) in [6.07, 6.45) is 0. The van der Waals surface area contributed by atoms with Crippen LogP contribution in [-0.2, 0) is 4.79 Å². The van der Waals surface area contributed by atoms with E-state index in [4.69, 9.17) is 5.73 Å². The van der Waals surface area contributed by atoms with Crippen molar-refractivity contribution < 1.29 is 4.79 Å². The molecule has 1 aromatic carbocycles. The summed E-state index contributed by atoms with van der Waals surface area (Å²) in [5, 5.41) is 0. The molecular formula is C12H17N3O. The van der Waals surface area contributed by atoms with E-state index in [1.54, 1.807) is 4.90 Å². The number of hydrogen-bond donors (Lipinski definition) is 1. The smallest absolute Gasteiger partial charge is 0.246 e. The first-order valence-corrected chi connectivity index (χ1v) is 5.45. The van der Waals surface area contributed by atoms with Crippen LogP contribution in [0.25, 0.3) is 0 Å². The van der Waals surface area contributed by atoms with Crippen molar-refractivity contribution in [2.45, 2.75) is 13.0 Å². The fourth-order valence-corrected chi connectivity index (χ4v) is 2.01. The van der Waals surface area contributed by atoms with E-state index < -0.39 is 0 Å². The van der Waals surface area contributed by atoms with Crippen molar-refractivity contribution in [3.63, 3.8) is 0 Å². The molecule has 0 saturated heterocycles. The Morgan fingerprint density at radius 2 is 2.00 bits per heavy atom. The summed E-state index contributed by atoms with van der Waals surface area (Å²) in [5.74, 6) is 0.110. The minimum atomic E-state index is -0.0135. The van der Waals surface area contributed by atoms with Gasteiger partial charge in [-0.25, -0.2) is 0 Å². The van der Waals surface area contributed by atoms with Gasteiger partial charge in [0, 0.05) is 19.6 Å². The fourth-order valence-electron chi connectivity index (χ4n) is 2.01. The maximum absolute atomic E-state index is 11.9. The minimum Gasteiger partial charge on any atom is -0.364 e. The molecule has 0 aliphatic carbocycles. The number of carbonyl (C=O) groups is 1. The molecule has 1 aliphatic heterocycles. The van der Waals surface area contributed by atoms with E-state index in [2.05, 4.69) is 0 Å². The van der Waals surface area contributed by atoms with Crippen LogP contribution < -0.4 is 15.5 Å². The molecule has 1 unspecified atom stereocenters. The third-order valence-corrected chi connectivity index (χ3v) is 2.73. The number of amides is 1. The van der Waals surface area contributed by atoms with Gasteiger partial charge in [0.15, 0.2) is 0 Å². The molecule has 1 aromatic rings. The molecule has 1 aliphatic rings. The highest BCUT2D eigenvalue weighted by atomic mass is 16.2. The second-order valence-electron chi connectivity index (χ2n) is 4.33. The molecular weight excluding hydrogens is 202 g/mol. The molecule has 0 saturated carbocycles. The SMILES string of the molecule is CC(N)CN1C(=O)CN(C)c2ccccc21. The van der Waals surface area contributed by atoms with Crippen molar-refractivity contribution in [3.05, 3.63) is 24.3 Å². The Morgan fingerprint density at radius 3 is 2.62 bits per heavy atom. The van der Waals surface area contributed by atoms with Gasteiger partial charge in [0.2, 0.25) is 5.91 Å². The number of benzene rings is 1. The zero-order chi connectivity index (χ0) is 11.7. The van der Waals surface area contributed by atoms with Crippen LogP contribution in [0.1, 0.15) is 6.92 Å². The summed E-state index contributed by atoms with van der Waals surface area (Å²) in [6.45, 7) is 2.90. The molecule has 2 rings (SSSR count). The molecule has 86 valence electrons. The summed E-state index contributed by atoms with van der Waals surface area (Å²) >= 11 is 0. The lowest BCUT2D eigenvalue weighted by atomic mass is 10.1. The summed E-state index contributed by atoms with van der Waals surface area (Å²) in [6, 6.07) is 7.90. The van der Waals surface area contributed by atoms with Crippen LogP contribution in [0.2, 0.25) is 0 Å². The summed E-state index contributed by atoms with van der Waals surface area (Å²) in [7, 11) is 1.93. The first kappa shape index (κ1) is 11.0. The lowest BCUT2D eigenvalue weighted by Crippen LogP contribution is -2.48. The van der Waals surface area contributed by atoms with Gasteiger partial charge in [0.1, 0.15) is 0 Å². The number of likely N-dealkylation sites (N-methyl/N-ethyl adjacent to an activating group) is 1. The Hall–Kier alpha value is -1.55. The molecule has 4 heteroatoms. The average molecular weight is 219 g/mol. The van der Waals surface area contributed by atoms with Gasteiger partial charge in [0.25, 0.3) is 0 Å². The van der Waals surface area contributed by atoms with Crippen molar-refractivity contribution in [2.24, 2.45) is 5.73 Å². The normalized spacial score (nSPS) is 17.3. The molecule has 0 bridgehead atoms. The number of para-hydroxylation sites is 2. The lowest BCUT2D eigenvalue weighted by molar-refractivity contribution is -0.117. The van der Waals surface area contributed by atoms with Gasteiger partial charge in [-0.3, -0.25) is 4.79 Å². The number of nitrogens with zero attached hydrogens (tertiary/aromatic N) is 2. The van der Waals surface area contributed by atoms with E-state index in [0.29, 0.717) is 13.1 Å². The Kier molecular flexibility index (Phi) is 2.83. The summed E-state index contributed by atoms with van der Waals surface area (Å²) in [5.41, 5.74) is 7.81. The zero-order valence-electron chi connectivity index (χ0n) is 9.68. The molecule has 2 N–H and O–H groups in total. The van der Waals surface area contributed by atoms with Crippen LogP contribution in [0.3, 0.4) is 0 Å². The van der Waals surface area contributed by atoms with E-state index in [-0.39, 0.29) is 11.9 Å². The van der Waals surface area contributed by atoms with Crippen molar-refractivity contribution >= 4 is 17.3 Å². The van der Waals surface area contributed by atoms with Crippen molar-refractivity contribution in [3.8, 4) is 0 Å². The van der Waals surface area contributed by atoms with Crippen LogP contribution in [0.15, 0.2) is 24.3 Å². The molecule has 1 heterocycles. The van der Waals surface area contributed by atoms with E-state index in [1.807, 2.05) is 43.1 Å². The first-order chi connectivity index (χ1) is 7.59. The quantitative estimate of drug-likeness (QED) is 0.801.